The minimum atomic E-state index is -0.935. The van der Waals surface area contributed by atoms with Crippen LogP contribution >= 0.6 is 22.9 Å². The first kappa shape index (κ1) is 28.8. The largest absolute Gasteiger partial charge is 0.481 e. The molecule has 3 fully saturated rings. The molecule has 2 aromatic heterocycles. The third-order valence-electron chi connectivity index (χ3n) is 8.63. The van der Waals surface area contributed by atoms with E-state index in [-0.39, 0.29) is 24.3 Å². The third-order valence-corrected chi connectivity index (χ3v) is 9.70. The molecule has 1 aliphatic heterocycles. The number of nitrogens with zero attached hydrogens (tertiary/aromatic N) is 4. The summed E-state index contributed by atoms with van der Waals surface area (Å²) in [6.45, 7) is 0.684. The smallest absolute Gasteiger partial charge is 0.304 e. The van der Waals surface area contributed by atoms with Crippen molar-refractivity contribution in [3.8, 4) is 22.4 Å². The lowest BCUT2D eigenvalue weighted by molar-refractivity contribution is -0.141. The van der Waals surface area contributed by atoms with Gasteiger partial charge in [0.2, 0.25) is 11.8 Å². The highest BCUT2D eigenvalue weighted by molar-refractivity contribution is 7.14. The summed E-state index contributed by atoms with van der Waals surface area (Å²) in [6, 6.07) is 9.54. The zero-order valence-electron chi connectivity index (χ0n) is 23.5. The van der Waals surface area contributed by atoms with Crippen LogP contribution in [0.2, 0.25) is 5.02 Å². The molecular formula is C32H35ClN4O4S. The monoisotopic (exact) mass is 606 g/mol. The SMILES string of the molecule is O=C(O)CC(CC1CCCC1)C(=O)N(c1nc(-c2cc(Cl)ccc2-c2ccc(N3CCCCC3=O)nc2)cs1)C1CC1. The first-order chi connectivity index (χ1) is 20.4. The molecule has 2 aliphatic carbocycles. The summed E-state index contributed by atoms with van der Waals surface area (Å²) < 4.78 is 0. The number of aliphatic carboxylic acids is 1. The van der Waals surface area contributed by atoms with Crippen LogP contribution in [0.4, 0.5) is 10.9 Å². The van der Waals surface area contributed by atoms with Crippen molar-refractivity contribution in [3.63, 3.8) is 0 Å². The molecule has 42 heavy (non-hydrogen) atoms. The Kier molecular flexibility index (Phi) is 8.58. The molecule has 0 spiro atoms. The number of carboxylic acids is 1. The number of carbonyl (C=O) groups excluding carboxylic acids is 2. The predicted molar refractivity (Wildman–Crippen MR) is 165 cm³/mol. The van der Waals surface area contributed by atoms with Gasteiger partial charge >= 0.3 is 5.97 Å². The van der Waals surface area contributed by atoms with Gasteiger partial charge in [0, 0.05) is 52.7 Å². The van der Waals surface area contributed by atoms with Gasteiger partial charge in [-0.2, -0.15) is 0 Å². The standard InChI is InChI=1S/C32H35ClN4O4S/c33-23-9-12-25(21-8-13-28(34-18-21)36-14-4-3-7-29(36)38)26(17-23)27-19-42-32(35-27)37(24-10-11-24)31(41)22(16-30(39)40)15-20-5-1-2-6-20/h8-9,12-13,17-20,22,24H,1-7,10-11,14-16H2,(H,39,40). The summed E-state index contributed by atoms with van der Waals surface area (Å²) in [4.78, 5) is 51.1. The Morgan fingerprint density at radius 1 is 1.07 bits per heavy atom. The lowest BCUT2D eigenvalue weighted by atomic mass is 9.90. The number of piperidine rings is 1. The van der Waals surface area contributed by atoms with Gasteiger partial charge in [0.25, 0.3) is 0 Å². The summed E-state index contributed by atoms with van der Waals surface area (Å²) in [5.74, 6) is -0.431. The summed E-state index contributed by atoms with van der Waals surface area (Å²) in [5, 5.41) is 12.7. The van der Waals surface area contributed by atoms with Crippen molar-refractivity contribution in [2.45, 2.75) is 76.7 Å². The van der Waals surface area contributed by atoms with Crippen molar-refractivity contribution in [2.75, 3.05) is 16.3 Å². The highest BCUT2D eigenvalue weighted by atomic mass is 35.5. The van der Waals surface area contributed by atoms with Crippen LogP contribution in [0, 0.1) is 11.8 Å². The van der Waals surface area contributed by atoms with Crippen molar-refractivity contribution in [2.24, 2.45) is 11.8 Å². The summed E-state index contributed by atoms with van der Waals surface area (Å²) >= 11 is 7.85. The Morgan fingerprint density at radius 2 is 1.88 bits per heavy atom. The molecule has 10 heteroatoms. The number of anilines is 2. The van der Waals surface area contributed by atoms with E-state index in [9.17, 15) is 19.5 Å². The molecule has 8 nitrogen and oxygen atoms in total. The van der Waals surface area contributed by atoms with E-state index in [4.69, 9.17) is 16.6 Å². The summed E-state index contributed by atoms with van der Waals surface area (Å²) in [5.41, 5.74) is 3.30. The molecule has 1 aromatic carbocycles. The molecule has 220 valence electrons. The fourth-order valence-corrected chi connectivity index (χ4v) is 7.39. The van der Waals surface area contributed by atoms with E-state index in [1.807, 2.05) is 35.7 Å². The van der Waals surface area contributed by atoms with Crippen LogP contribution in [0.3, 0.4) is 0 Å². The van der Waals surface area contributed by atoms with E-state index >= 15 is 0 Å². The van der Waals surface area contributed by atoms with E-state index in [1.165, 1.54) is 11.3 Å². The molecule has 2 saturated carbocycles. The number of halogens is 1. The fraction of sp³-hybridized carbons (Fsp3) is 0.469. The zero-order valence-corrected chi connectivity index (χ0v) is 25.1. The maximum Gasteiger partial charge on any atom is 0.304 e. The maximum absolute atomic E-state index is 13.9. The van der Waals surface area contributed by atoms with Crippen LogP contribution in [0.15, 0.2) is 41.9 Å². The first-order valence-corrected chi connectivity index (χ1v) is 16.2. The van der Waals surface area contributed by atoms with Crippen molar-refractivity contribution >= 4 is 51.7 Å². The Bertz CT molecular complexity index is 1470. The Morgan fingerprint density at radius 3 is 2.57 bits per heavy atom. The van der Waals surface area contributed by atoms with Crippen LogP contribution < -0.4 is 9.80 Å². The fourth-order valence-electron chi connectivity index (χ4n) is 6.32. The summed E-state index contributed by atoms with van der Waals surface area (Å²) in [7, 11) is 0. The molecule has 1 atom stereocenters. The zero-order chi connectivity index (χ0) is 29.2. The second-order valence-corrected chi connectivity index (χ2v) is 13.0. The lowest BCUT2D eigenvalue weighted by Crippen LogP contribution is -2.39. The number of hydrogen-bond acceptors (Lipinski definition) is 6. The van der Waals surface area contributed by atoms with Gasteiger partial charge in [0.1, 0.15) is 5.82 Å². The molecular weight excluding hydrogens is 572 g/mol. The third kappa shape index (κ3) is 6.37. The number of pyridine rings is 1. The second kappa shape index (κ2) is 12.5. The highest BCUT2D eigenvalue weighted by Gasteiger charge is 2.40. The molecule has 6 rings (SSSR count). The molecule has 3 aromatic rings. The Balaban J connectivity index is 1.28. The number of benzene rings is 1. The quantitative estimate of drug-likeness (QED) is 0.261. The Labute approximate surface area is 254 Å². The normalized spacial score (nSPS) is 18.3. The van der Waals surface area contributed by atoms with Gasteiger partial charge in [0.15, 0.2) is 5.13 Å². The van der Waals surface area contributed by atoms with Crippen LogP contribution in [0.5, 0.6) is 0 Å². The minimum absolute atomic E-state index is 0.0597. The summed E-state index contributed by atoms with van der Waals surface area (Å²) in [6.07, 6.45) is 10.9. The van der Waals surface area contributed by atoms with E-state index in [0.717, 1.165) is 68.1 Å². The molecule has 0 bridgehead atoms. The lowest BCUT2D eigenvalue weighted by Gasteiger charge is -2.26. The second-order valence-electron chi connectivity index (χ2n) is 11.7. The van der Waals surface area contributed by atoms with Gasteiger partial charge in [-0.25, -0.2) is 9.97 Å². The highest BCUT2D eigenvalue weighted by Crippen LogP contribution is 2.41. The van der Waals surface area contributed by atoms with Crippen molar-refractivity contribution in [3.05, 3.63) is 46.9 Å². The van der Waals surface area contributed by atoms with Crippen molar-refractivity contribution in [1.82, 2.24) is 9.97 Å². The first-order valence-electron chi connectivity index (χ1n) is 14.9. The molecule has 0 radical (unpaired) electrons. The van der Waals surface area contributed by atoms with Gasteiger partial charge < -0.3 is 5.11 Å². The van der Waals surface area contributed by atoms with Gasteiger partial charge in [-0.15, -0.1) is 11.3 Å². The van der Waals surface area contributed by atoms with Crippen LogP contribution in [-0.2, 0) is 14.4 Å². The number of carboxylic acid groups (broad SMARTS) is 1. The van der Waals surface area contributed by atoms with E-state index in [1.54, 1.807) is 16.0 Å². The van der Waals surface area contributed by atoms with Crippen LogP contribution in [0.1, 0.15) is 70.6 Å². The van der Waals surface area contributed by atoms with Crippen LogP contribution in [-0.4, -0.2) is 45.4 Å². The number of rotatable bonds is 10. The molecule has 3 heterocycles. The van der Waals surface area contributed by atoms with Crippen molar-refractivity contribution in [1.29, 1.82) is 0 Å². The number of hydrogen-bond donors (Lipinski definition) is 1. The van der Waals surface area contributed by atoms with Crippen LogP contribution in [0.25, 0.3) is 22.4 Å². The van der Waals surface area contributed by atoms with Gasteiger partial charge in [-0.05, 0) is 67.9 Å². The Hall–Kier alpha value is -3.30. The average Bonchev–Trinajstić information content (AvgIpc) is 3.45. The van der Waals surface area contributed by atoms with E-state index in [2.05, 4.69) is 4.98 Å². The van der Waals surface area contributed by atoms with E-state index < -0.39 is 11.9 Å². The predicted octanol–water partition coefficient (Wildman–Crippen LogP) is 7.21. The molecule has 1 unspecified atom stereocenters. The average molecular weight is 607 g/mol. The number of aromatic nitrogens is 2. The topological polar surface area (TPSA) is 104 Å². The number of thiazole rings is 1. The molecule has 2 amide bonds. The van der Waals surface area contributed by atoms with Crippen molar-refractivity contribution < 1.29 is 19.5 Å². The molecule has 1 saturated heterocycles. The van der Waals surface area contributed by atoms with E-state index in [0.29, 0.717) is 47.0 Å². The molecule has 1 N–H and O–H groups in total. The minimum Gasteiger partial charge on any atom is -0.481 e. The maximum atomic E-state index is 13.9. The number of carbonyl (C=O) groups is 3. The number of amides is 2. The van der Waals surface area contributed by atoms with Gasteiger partial charge in [-0.1, -0.05) is 43.4 Å². The van der Waals surface area contributed by atoms with Gasteiger partial charge in [-0.3, -0.25) is 24.2 Å². The molecule has 3 aliphatic rings. The van der Waals surface area contributed by atoms with Gasteiger partial charge in [0.05, 0.1) is 12.1 Å².